The maximum absolute atomic E-state index is 11.8. The summed E-state index contributed by atoms with van der Waals surface area (Å²) >= 11 is 0. The number of rotatable bonds is 5. The van der Waals surface area contributed by atoms with E-state index in [0.717, 1.165) is 44.7 Å². The maximum Gasteiger partial charge on any atom is 0.315 e. The van der Waals surface area contributed by atoms with Crippen molar-refractivity contribution in [3.63, 3.8) is 0 Å². The highest BCUT2D eigenvalue weighted by atomic mass is 16.2. The predicted molar refractivity (Wildman–Crippen MR) is 77.9 cm³/mol. The SMILES string of the molecule is NCC1CCC(NC(=O)NCCC2CCCCC2)C1. The van der Waals surface area contributed by atoms with E-state index in [9.17, 15) is 4.79 Å². The molecule has 2 saturated carbocycles. The number of nitrogens with two attached hydrogens (primary N) is 1. The number of urea groups is 1. The molecule has 0 heterocycles. The van der Waals surface area contributed by atoms with E-state index in [0.29, 0.717) is 12.0 Å². The smallest absolute Gasteiger partial charge is 0.315 e. The van der Waals surface area contributed by atoms with Crippen LogP contribution >= 0.6 is 0 Å². The van der Waals surface area contributed by atoms with E-state index < -0.39 is 0 Å². The van der Waals surface area contributed by atoms with Crippen molar-refractivity contribution >= 4 is 6.03 Å². The topological polar surface area (TPSA) is 67.1 Å². The molecule has 0 aromatic carbocycles. The lowest BCUT2D eigenvalue weighted by Crippen LogP contribution is -2.41. The van der Waals surface area contributed by atoms with E-state index in [2.05, 4.69) is 10.6 Å². The zero-order valence-electron chi connectivity index (χ0n) is 12.0. The molecule has 2 rings (SSSR count). The number of hydrogen-bond donors (Lipinski definition) is 3. The molecule has 0 radical (unpaired) electrons. The van der Waals surface area contributed by atoms with Gasteiger partial charge in [0, 0.05) is 12.6 Å². The Kier molecular flexibility index (Phi) is 5.95. The molecule has 19 heavy (non-hydrogen) atoms. The first-order valence-corrected chi connectivity index (χ1v) is 8.02. The van der Waals surface area contributed by atoms with Gasteiger partial charge in [0.05, 0.1) is 0 Å². The van der Waals surface area contributed by atoms with Crippen LogP contribution in [-0.2, 0) is 0 Å². The summed E-state index contributed by atoms with van der Waals surface area (Å²) in [6.07, 6.45) is 11.3. The fourth-order valence-electron chi connectivity index (χ4n) is 3.52. The van der Waals surface area contributed by atoms with E-state index in [1.54, 1.807) is 0 Å². The first kappa shape index (κ1) is 14.6. The molecule has 0 aliphatic heterocycles. The fraction of sp³-hybridized carbons (Fsp3) is 0.933. The normalized spacial score (nSPS) is 28.3. The summed E-state index contributed by atoms with van der Waals surface area (Å²) in [5.41, 5.74) is 5.66. The Labute approximate surface area is 116 Å². The highest BCUT2D eigenvalue weighted by Crippen LogP contribution is 2.26. The second kappa shape index (κ2) is 7.73. The highest BCUT2D eigenvalue weighted by Gasteiger charge is 2.24. The van der Waals surface area contributed by atoms with Crippen molar-refractivity contribution < 1.29 is 4.79 Å². The lowest BCUT2D eigenvalue weighted by molar-refractivity contribution is 0.235. The van der Waals surface area contributed by atoms with E-state index in [-0.39, 0.29) is 6.03 Å². The first-order chi connectivity index (χ1) is 9.28. The van der Waals surface area contributed by atoms with Crippen LogP contribution in [0.25, 0.3) is 0 Å². The van der Waals surface area contributed by atoms with Crippen LogP contribution < -0.4 is 16.4 Å². The van der Waals surface area contributed by atoms with Crippen molar-refractivity contribution in [3.8, 4) is 0 Å². The summed E-state index contributed by atoms with van der Waals surface area (Å²) in [7, 11) is 0. The van der Waals surface area contributed by atoms with Crippen LogP contribution in [0.5, 0.6) is 0 Å². The largest absolute Gasteiger partial charge is 0.338 e. The molecule has 4 N–H and O–H groups in total. The third-order valence-electron chi connectivity index (χ3n) is 4.77. The minimum Gasteiger partial charge on any atom is -0.338 e. The summed E-state index contributed by atoms with van der Waals surface area (Å²) in [4.78, 5) is 11.8. The molecule has 2 atom stereocenters. The van der Waals surface area contributed by atoms with Gasteiger partial charge in [-0.25, -0.2) is 4.79 Å². The van der Waals surface area contributed by atoms with E-state index in [1.165, 1.54) is 32.1 Å². The number of amides is 2. The zero-order valence-corrected chi connectivity index (χ0v) is 12.0. The summed E-state index contributed by atoms with van der Waals surface area (Å²) in [6.45, 7) is 1.57. The molecule has 0 aromatic rings. The predicted octanol–water partition coefficient (Wildman–Crippen LogP) is 2.38. The average Bonchev–Trinajstić information content (AvgIpc) is 2.87. The number of hydrogen-bond acceptors (Lipinski definition) is 2. The Hall–Kier alpha value is -0.770. The molecule has 2 aliphatic carbocycles. The second-order valence-electron chi connectivity index (χ2n) is 6.30. The minimum absolute atomic E-state index is 0.0125. The Balaban J connectivity index is 1.54. The van der Waals surface area contributed by atoms with Crippen LogP contribution in [0.3, 0.4) is 0 Å². The van der Waals surface area contributed by atoms with Gasteiger partial charge in [0.1, 0.15) is 0 Å². The molecular weight excluding hydrogens is 238 g/mol. The molecule has 2 unspecified atom stereocenters. The molecule has 0 bridgehead atoms. The van der Waals surface area contributed by atoms with Crippen molar-refractivity contribution in [2.24, 2.45) is 17.6 Å². The van der Waals surface area contributed by atoms with E-state index >= 15 is 0 Å². The number of carbonyl (C=O) groups excluding carboxylic acids is 1. The van der Waals surface area contributed by atoms with Crippen molar-refractivity contribution in [2.45, 2.75) is 63.8 Å². The third-order valence-corrected chi connectivity index (χ3v) is 4.77. The van der Waals surface area contributed by atoms with Crippen molar-refractivity contribution in [3.05, 3.63) is 0 Å². The molecule has 2 amide bonds. The Morgan fingerprint density at radius 2 is 1.84 bits per heavy atom. The highest BCUT2D eigenvalue weighted by molar-refractivity contribution is 5.74. The molecule has 110 valence electrons. The quantitative estimate of drug-likeness (QED) is 0.716. The molecule has 2 fully saturated rings. The van der Waals surface area contributed by atoms with Gasteiger partial charge in [0.25, 0.3) is 0 Å². The molecule has 0 spiro atoms. The summed E-state index contributed by atoms with van der Waals surface area (Å²) in [6, 6.07) is 0.349. The van der Waals surface area contributed by atoms with Crippen LogP contribution in [-0.4, -0.2) is 25.2 Å². The molecular formula is C15H29N3O. The standard InChI is InChI=1S/C15H29N3O/c16-11-13-6-7-14(10-13)18-15(19)17-9-8-12-4-2-1-3-5-12/h12-14H,1-11,16H2,(H2,17,18,19). The minimum atomic E-state index is 0.0125. The van der Waals surface area contributed by atoms with Crippen molar-refractivity contribution in [1.82, 2.24) is 10.6 Å². The van der Waals surface area contributed by atoms with Crippen LogP contribution in [0.15, 0.2) is 0 Å². The monoisotopic (exact) mass is 267 g/mol. The lowest BCUT2D eigenvalue weighted by atomic mass is 9.87. The van der Waals surface area contributed by atoms with E-state index in [1.807, 2.05) is 0 Å². The molecule has 0 aromatic heterocycles. The number of nitrogens with one attached hydrogen (secondary N) is 2. The van der Waals surface area contributed by atoms with Crippen LogP contribution in [0.4, 0.5) is 4.79 Å². The van der Waals surface area contributed by atoms with Gasteiger partial charge < -0.3 is 16.4 Å². The Morgan fingerprint density at radius 3 is 2.53 bits per heavy atom. The molecule has 0 saturated heterocycles. The van der Waals surface area contributed by atoms with Gasteiger partial charge in [-0.05, 0) is 44.1 Å². The molecule has 2 aliphatic rings. The van der Waals surface area contributed by atoms with Crippen molar-refractivity contribution in [1.29, 1.82) is 0 Å². The average molecular weight is 267 g/mol. The maximum atomic E-state index is 11.8. The van der Waals surface area contributed by atoms with Crippen LogP contribution in [0.2, 0.25) is 0 Å². The summed E-state index contributed by atoms with van der Waals surface area (Å²) in [5, 5.41) is 6.08. The molecule has 4 heteroatoms. The van der Waals surface area contributed by atoms with Crippen LogP contribution in [0, 0.1) is 11.8 Å². The first-order valence-electron chi connectivity index (χ1n) is 8.02. The van der Waals surface area contributed by atoms with Gasteiger partial charge in [0.15, 0.2) is 0 Å². The van der Waals surface area contributed by atoms with Gasteiger partial charge in [-0.3, -0.25) is 0 Å². The zero-order chi connectivity index (χ0) is 13.5. The van der Waals surface area contributed by atoms with Gasteiger partial charge in [-0.2, -0.15) is 0 Å². The van der Waals surface area contributed by atoms with Gasteiger partial charge in [-0.1, -0.05) is 32.1 Å². The molecule has 4 nitrogen and oxygen atoms in total. The Morgan fingerprint density at radius 1 is 1.05 bits per heavy atom. The number of carbonyl (C=O) groups is 1. The lowest BCUT2D eigenvalue weighted by Gasteiger charge is -2.21. The van der Waals surface area contributed by atoms with Gasteiger partial charge >= 0.3 is 6.03 Å². The third kappa shape index (κ3) is 5.01. The van der Waals surface area contributed by atoms with Gasteiger partial charge in [0.2, 0.25) is 0 Å². The summed E-state index contributed by atoms with van der Waals surface area (Å²) in [5.74, 6) is 1.44. The second-order valence-corrected chi connectivity index (χ2v) is 6.30. The summed E-state index contributed by atoms with van der Waals surface area (Å²) < 4.78 is 0. The van der Waals surface area contributed by atoms with Crippen LogP contribution in [0.1, 0.15) is 57.8 Å². The van der Waals surface area contributed by atoms with Crippen molar-refractivity contribution in [2.75, 3.05) is 13.1 Å². The van der Waals surface area contributed by atoms with Gasteiger partial charge in [-0.15, -0.1) is 0 Å². The Bertz CT molecular complexity index is 277. The van der Waals surface area contributed by atoms with E-state index in [4.69, 9.17) is 5.73 Å². The fourth-order valence-corrected chi connectivity index (χ4v) is 3.52.